The van der Waals surface area contributed by atoms with E-state index in [0.29, 0.717) is 11.4 Å². The molecule has 1 saturated heterocycles. The third-order valence-corrected chi connectivity index (χ3v) is 3.11. The third kappa shape index (κ3) is 3.74. The summed E-state index contributed by atoms with van der Waals surface area (Å²) >= 11 is 5.04. The van der Waals surface area contributed by atoms with E-state index in [4.69, 9.17) is 18.0 Å². The molecule has 0 aromatic rings. The van der Waals surface area contributed by atoms with Gasteiger partial charge in [-0.2, -0.15) is 0 Å². The summed E-state index contributed by atoms with van der Waals surface area (Å²) in [5.41, 5.74) is 5.72. The van der Waals surface area contributed by atoms with E-state index in [1.807, 2.05) is 4.90 Å². The number of amides is 1. The highest BCUT2D eigenvalue weighted by atomic mass is 32.1. The van der Waals surface area contributed by atoms with Crippen molar-refractivity contribution in [1.82, 2.24) is 4.90 Å². The molecule has 0 bridgehead atoms. The number of piperidine rings is 1. The fraction of sp³-hybridized carbons (Fsp3) is 0.833. The molecule has 1 unspecified atom stereocenters. The number of carbonyl (C=O) groups is 1. The second-order valence-electron chi connectivity index (χ2n) is 5.74. The van der Waals surface area contributed by atoms with Crippen molar-refractivity contribution in [3.05, 3.63) is 0 Å². The number of hydrogen-bond donors (Lipinski definition) is 1. The Morgan fingerprint density at radius 3 is 2.56 bits per heavy atom. The van der Waals surface area contributed by atoms with E-state index in [1.54, 1.807) is 0 Å². The number of nitrogens with zero attached hydrogens (tertiary/aromatic N) is 1. The number of carbonyl (C=O) groups excluding carboxylic acids is 1. The second-order valence-corrected chi connectivity index (χ2v) is 6.21. The van der Waals surface area contributed by atoms with Gasteiger partial charge in [0.05, 0.1) is 11.0 Å². The summed E-state index contributed by atoms with van der Waals surface area (Å²) in [6, 6.07) is -0.0152. The van der Waals surface area contributed by atoms with E-state index in [1.165, 1.54) is 0 Å². The lowest BCUT2D eigenvalue weighted by molar-refractivity contribution is -0.135. The number of hydrogen-bond acceptors (Lipinski definition) is 2. The maximum atomic E-state index is 12.1. The predicted molar refractivity (Wildman–Crippen MR) is 70.2 cm³/mol. The number of likely N-dealkylation sites (tertiary alicyclic amines) is 1. The maximum Gasteiger partial charge on any atom is 0.223 e. The van der Waals surface area contributed by atoms with Gasteiger partial charge >= 0.3 is 0 Å². The van der Waals surface area contributed by atoms with Crippen molar-refractivity contribution in [1.29, 1.82) is 0 Å². The first-order valence-corrected chi connectivity index (χ1v) is 6.31. The molecule has 1 fully saturated rings. The van der Waals surface area contributed by atoms with Crippen LogP contribution in [0.15, 0.2) is 0 Å². The molecule has 4 heteroatoms. The van der Waals surface area contributed by atoms with E-state index < -0.39 is 0 Å². The summed E-state index contributed by atoms with van der Waals surface area (Å²) < 4.78 is 0. The molecular weight excluding hydrogens is 220 g/mol. The Morgan fingerprint density at radius 2 is 2.06 bits per heavy atom. The van der Waals surface area contributed by atoms with Crippen LogP contribution in [0.3, 0.4) is 0 Å². The largest absolute Gasteiger partial charge is 0.392 e. The first kappa shape index (κ1) is 13.4. The molecule has 1 rings (SSSR count). The molecule has 1 amide bonds. The normalized spacial score (nSPS) is 21.9. The van der Waals surface area contributed by atoms with E-state index in [9.17, 15) is 4.79 Å². The SMILES string of the molecule is CC(C)(C)CC(=O)N1CCCCC1C(N)=S. The average molecular weight is 242 g/mol. The van der Waals surface area contributed by atoms with Gasteiger partial charge in [-0.3, -0.25) is 4.79 Å². The van der Waals surface area contributed by atoms with Gasteiger partial charge in [0.2, 0.25) is 5.91 Å². The zero-order valence-electron chi connectivity index (χ0n) is 10.5. The van der Waals surface area contributed by atoms with Gasteiger partial charge in [-0.05, 0) is 24.7 Å². The standard InChI is InChI=1S/C12H22N2OS/c1-12(2,3)8-10(15)14-7-5-4-6-9(14)11(13)16/h9H,4-8H2,1-3H3,(H2,13,16). The van der Waals surface area contributed by atoms with Crippen LogP contribution in [-0.2, 0) is 4.79 Å². The highest BCUT2D eigenvalue weighted by Crippen LogP contribution is 2.24. The van der Waals surface area contributed by atoms with Crippen LogP contribution in [0.2, 0.25) is 0 Å². The third-order valence-electron chi connectivity index (χ3n) is 2.83. The van der Waals surface area contributed by atoms with Crippen molar-refractivity contribution in [2.75, 3.05) is 6.54 Å². The van der Waals surface area contributed by atoms with E-state index in [0.717, 1.165) is 25.8 Å². The minimum atomic E-state index is -0.0152. The fourth-order valence-electron chi connectivity index (χ4n) is 2.08. The summed E-state index contributed by atoms with van der Waals surface area (Å²) in [4.78, 5) is 14.5. The molecule has 0 aromatic carbocycles. The van der Waals surface area contributed by atoms with Gasteiger partial charge in [0.15, 0.2) is 0 Å². The monoisotopic (exact) mass is 242 g/mol. The lowest BCUT2D eigenvalue weighted by Gasteiger charge is -2.36. The van der Waals surface area contributed by atoms with E-state index in [-0.39, 0.29) is 17.4 Å². The molecule has 1 aliphatic heterocycles. The smallest absolute Gasteiger partial charge is 0.223 e. The van der Waals surface area contributed by atoms with Crippen LogP contribution < -0.4 is 5.73 Å². The summed E-state index contributed by atoms with van der Waals surface area (Å²) in [5.74, 6) is 0.185. The number of thiocarbonyl (C=S) groups is 1. The minimum Gasteiger partial charge on any atom is -0.392 e. The van der Waals surface area contributed by atoms with Gasteiger partial charge in [0.1, 0.15) is 0 Å². The molecule has 1 heterocycles. The zero-order valence-corrected chi connectivity index (χ0v) is 11.3. The van der Waals surface area contributed by atoms with Crippen LogP contribution in [0.5, 0.6) is 0 Å². The Labute approximate surface area is 103 Å². The Bertz CT molecular complexity index is 283. The molecule has 0 radical (unpaired) electrons. The molecule has 3 nitrogen and oxygen atoms in total. The minimum absolute atomic E-state index is 0.0152. The highest BCUT2D eigenvalue weighted by Gasteiger charge is 2.30. The van der Waals surface area contributed by atoms with Gasteiger partial charge in [0.25, 0.3) is 0 Å². The van der Waals surface area contributed by atoms with Crippen molar-refractivity contribution >= 4 is 23.1 Å². The summed E-state index contributed by atoms with van der Waals surface area (Å²) in [7, 11) is 0. The van der Waals surface area contributed by atoms with Crippen molar-refractivity contribution < 1.29 is 4.79 Å². The molecule has 2 N–H and O–H groups in total. The fourth-order valence-corrected chi connectivity index (χ4v) is 2.33. The van der Waals surface area contributed by atoms with Crippen LogP contribution >= 0.6 is 12.2 Å². The van der Waals surface area contributed by atoms with Crippen molar-refractivity contribution in [3.63, 3.8) is 0 Å². The van der Waals surface area contributed by atoms with Gasteiger partial charge in [-0.15, -0.1) is 0 Å². The average Bonchev–Trinajstić information content (AvgIpc) is 2.15. The maximum absolute atomic E-state index is 12.1. The quantitative estimate of drug-likeness (QED) is 0.754. The summed E-state index contributed by atoms with van der Waals surface area (Å²) in [5, 5.41) is 0. The van der Waals surface area contributed by atoms with Crippen LogP contribution in [0.1, 0.15) is 46.5 Å². The van der Waals surface area contributed by atoms with Crippen molar-refractivity contribution in [3.8, 4) is 0 Å². The van der Waals surface area contributed by atoms with E-state index in [2.05, 4.69) is 20.8 Å². The molecular formula is C12H22N2OS. The highest BCUT2D eigenvalue weighted by molar-refractivity contribution is 7.80. The van der Waals surface area contributed by atoms with Crippen molar-refractivity contribution in [2.24, 2.45) is 11.1 Å². The van der Waals surface area contributed by atoms with Crippen LogP contribution in [0, 0.1) is 5.41 Å². The lowest BCUT2D eigenvalue weighted by atomic mass is 9.90. The van der Waals surface area contributed by atoms with Crippen molar-refractivity contribution in [2.45, 2.75) is 52.5 Å². The van der Waals surface area contributed by atoms with Crippen LogP contribution in [0.25, 0.3) is 0 Å². The molecule has 92 valence electrons. The van der Waals surface area contributed by atoms with Crippen LogP contribution in [-0.4, -0.2) is 28.4 Å². The molecule has 0 aromatic heterocycles. The van der Waals surface area contributed by atoms with E-state index >= 15 is 0 Å². The van der Waals surface area contributed by atoms with Gasteiger partial charge in [-0.25, -0.2) is 0 Å². The predicted octanol–water partition coefficient (Wildman–Crippen LogP) is 2.09. The van der Waals surface area contributed by atoms with Gasteiger partial charge in [0, 0.05) is 13.0 Å². The van der Waals surface area contributed by atoms with Gasteiger partial charge < -0.3 is 10.6 Å². The topological polar surface area (TPSA) is 46.3 Å². The Kier molecular flexibility index (Phi) is 4.30. The van der Waals surface area contributed by atoms with Gasteiger partial charge in [-0.1, -0.05) is 33.0 Å². The molecule has 16 heavy (non-hydrogen) atoms. The summed E-state index contributed by atoms with van der Waals surface area (Å²) in [6.45, 7) is 7.02. The second kappa shape index (κ2) is 5.13. The Hall–Kier alpha value is -0.640. The number of rotatable bonds is 2. The Balaban J connectivity index is 2.68. The molecule has 0 aliphatic carbocycles. The first-order chi connectivity index (χ1) is 7.31. The van der Waals surface area contributed by atoms with Crippen LogP contribution in [0.4, 0.5) is 0 Å². The lowest BCUT2D eigenvalue weighted by Crippen LogP contribution is -2.50. The molecule has 0 saturated carbocycles. The molecule has 1 atom stereocenters. The zero-order chi connectivity index (χ0) is 12.3. The first-order valence-electron chi connectivity index (χ1n) is 5.90. The Morgan fingerprint density at radius 1 is 1.44 bits per heavy atom. The molecule has 0 spiro atoms. The summed E-state index contributed by atoms with van der Waals surface area (Å²) in [6.07, 6.45) is 3.66. The number of nitrogens with two attached hydrogens (primary N) is 1. The molecule has 1 aliphatic rings.